The van der Waals surface area contributed by atoms with Gasteiger partial charge in [-0.3, -0.25) is 9.59 Å². The van der Waals surface area contributed by atoms with Gasteiger partial charge in [-0.15, -0.1) is 0 Å². The summed E-state index contributed by atoms with van der Waals surface area (Å²) in [5.74, 6) is -1.91. The Labute approximate surface area is 180 Å². The molecule has 2 heterocycles. The lowest BCUT2D eigenvalue weighted by Gasteiger charge is -2.35. The van der Waals surface area contributed by atoms with Crippen molar-refractivity contribution >= 4 is 16.8 Å². The number of Topliss-reactive ketones (excluding diaryl/α,β-unsaturated/α-hetero) is 1. The molecule has 168 valence electrons. The minimum Gasteiger partial charge on any atom is -0.507 e. The molecule has 5 N–H and O–H groups in total. The second kappa shape index (κ2) is 7.83. The van der Waals surface area contributed by atoms with Gasteiger partial charge in [0, 0.05) is 17.7 Å². The summed E-state index contributed by atoms with van der Waals surface area (Å²) in [4.78, 5) is 24.7. The molecule has 1 saturated heterocycles. The maximum atomic E-state index is 12.8. The zero-order valence-electron chi connectivity index (χ0n) is 17.0. The minimum atomic E-state index is -1.79. The lowest BCUT2D eigenvalue weighted by atomic mass is 9.91. The van der Waals surface area contributed by atoms with Crippen LogP contribution < -0.4 is 10.2 Å². The highest BCUT2D eigenvalue weighted by atomic mass is 16.5. The molecule has 32 heavy (non-hydrogen) atoms. The molecule has 0 radical (unpaired) electrons. The number of ketones is 1. The number of aliphatic hydroxyl groups excluding tert-OH is 2. The number of rotatable bonds is 3. The summed E-state index contributed by atoms with van der Waals surface area (Å²) in [6.45, 7) is 1.35. The predicted octanol–water partition coefficient (Wildman–Crippen LogP) is 1.34. The summed E-state index contributed by atoms with van der Waals surface area (Å²) in [5, 5.41) is 51.0. The first kappa shape index (κ1) is 21.6. The third-order valence-electron chi connectivity index (χ3n) is 5.44. The number of hydrogen-bond acceptors (Lipinski definition) is 10. The SMILES string of the molecule is COc1cc(-c2cc(=O)c3c(O)c(C4OC(C)C(=O)C(O)C4O)c(O)cc3o2)ccc1O. The number of carbonyl (C=O) groups excluding carboxylic acids is 1. The van der Waals surface area contributed by atoms with Crippen LogP contribution in [0.3, 0.4) is 0 Å². The molecular formula is C22H20O10. The van der Waals surface area contributed by atoms with Crippen LogP contribution in [0.1, 0.15) is 18.6 Å². The van der Waals surface area contributed by atoms with Crippen LogP contribution in [0.25, 0.3) is 22.3 Å². The van der Waals surface area contributed by atoms with Gasteiger partial charge < -0.3 is 39.4 Å². The lowest BCUT2D eigenvalue weighted by molar-refractivity contribution is -0.181. The molecule has 0 spiro atoms. The van der Waals surface area contributed by atoms with Gasteiger partial charge in [0.25, 0.3) is 0 Å². The quantitative estimate of drug-likeness (QED) is 0.398. The minimum absolute atomic E-state index is 0.0796. The molecule has 4 rings (SSSR count). The highest BCUT2D eigenvalue weighted by molar-refractivity contribution is 5.90. The van der Waals surface area contributed by atoms with E-state index in [1.165, 1.54) is 32.2 Å². The molecule has 0 amide bonds. The highest BCUT2D eigenvalue weighted by Crippen LogP contribution is 2.44. The molecule has 2 aromatic carbocycles. The van der Waals surface area contributed by atoms with Crippen LogP contribution in [0.5, 0.6) is 23.0 Å². The van der Waals surface area contributed by atoms with Gasteiger partial charge in [0.15, 0.2) is 22.7 Å². The van der Waals surface area contributed by atoms with E-state index in [0.29, 0.717) is 5.56 Å². The molecule has 3 aromatic rings. The van der Waals surface area contributed by atoms with Crippen molar-refractivity contribution in [3.8, 4) is 34.3 Å². The van der Waals surface area contributed by atoms with Crippen molar-refractivity contribution in [3.05, 3.63) is 46.1 Å². The van der Waals surface area contributed by atoms with Crippen LogP contribution in [-0.4, -0.2) is 56.7 Å². The van der Waals surface area contributed by atoms with Crippen molar-refractivity contribution in [2.24, 2.45) is 0 Å². The molecule has 0 saturated carbocycles. The first-order valence-corrected chi connectivity index (χ1v) is 9.59. The molecular weight excluding hydrogens is 424 g/mol. The number of ether oxygens (including phenoxy) is 2. The van der Waals surface area contributed by atoms with Crippen LogP contribution in [0.15, 0.2) is 39.5 Å². The molecule has 1 fully saturated rings. The van der Waals surface area contributed by atoms with E-state index in [9.17, 15) is 35.1 Å². The van der Waals surface area contributed by atoms with Gasteiger partial charge in [0.05, 0.1) is 12.7 Å². The largest absolute Gasteiger partial charge is 0.507 e. The van der Waals surface area contributed by atoms with Gasteiger partial charge in [0.2, 0.25) is 0 Å². The fourth-order valence-electron chi connectivity index (χ4n) is 3.74. The zero-order valence-corrected chi connectivity index (χ0v) is 17.0. The monoisotopic (exact) mass is 444 g/mol. The number of aromatic hydroxyl groups is 3. The molecule has 1 aromatic heterocycles. The van der Waals surface area contributed by atoms with E-state index in [1.807, 2.05) is 0 Å². The normalized spacial score (nSPS) is 23.4. The van der Waals surface area contributed by atoms with Crippen molar-refractivity contribution < 1.29 is 44.2 Å². The molecule has 1 aliphatic heterocycles. The Morgan fingerprint density at radius 1 is 1.00 bits per heavy atom. The Balaban J connectivity index is 1.87. The van der Waals surface area contributed by atoms with E-state index in [4.69, 9.17) is 13.9 Å². The number of hydrogen-bond donors (Lipinski definition) is 5. The van der Waals surface area contributed by atoms with E-state index in [2.05, 4.69) is 0 Å². The van der Waals surface area contributed by atoms with E-state index in [0.717, 1.165) is 12.1 Å². The fourth-order valence-corrected chi connectivity index (χ4v) is 3.74. The van der Waals surface area contributed by atoms with Gasteiger partial charge in [-0.05, 0) is 25.1 Å². The van der Waals surface area contributed by atoms with E-state index >= 15 is 0 Å². The third-order valence-corrected chi connectivity index (χ3v) is 5.44. The number of aliphatic hydroxyl groups is 2. The number of carbonyl (C=O) groups is 1. The molecule has 10 heteroatoms. The lowest BCUT2D eigenvalue weighted by Crippen LogP contribution is -2.50. The summed E-state index contributed by atoms with van der Waals surface area (Å²) >= 11 is 0. The summed E-state index contributed by atoms with van der Waals surface area (Å²) in [5.41, 5.74) is -0.784. The van der Waals surface area contributed by atoms with Crippen LogP contribution in [-0.2, 0) is 9.53 Å². The van der Waals surface area contributed by atoms with Gasteiger partial charge >= 0.3 is 0 Å². The van der Waals surface area contributed by atoms with Crippen molar-refractivity contribution in [2.45, 2.75) is 31.3 Å². The van der Waals surface area contributed by atoms with Crippen molar-refractivity contribution in [1.29, 1.82) is 0 Å². The Morgan fingerprint density at radius 3 is 2.41 bits per heavy atom. The molecule has 4 atom stereocenters. The number of phenolic OH excluding ortho intramolecular Hbond substituents is 3. The number of phenols is 3. The van der Waals surface area contributed by atoms with Crippen LogP contribution >= 0.6 is 0 Å². The van der Waals surface area contributed by atoms with Gasteiger partial charge in [0.1, 0.15) is 52.6 Å². The Hall–Kier alpha value is -3.60. The molecule has 4 unspecified atom stereocenters. The summed E-state index contributed by atoms with van der Waals surface area (Å²) < 4.78 is 16.1. The average molecular weight is 444 g/mol. The Kier molecular flexibility index (Phi) is 5.29. The van der Waals surface area contributed by atoms with Gasteiger partial charge in [-0.2, -0.15) is 0 Å². The zero-order chi connectivity index (χ0) is 23.3. The van der Waals surface area contributed by atoms with Crippen molar-refractivity contribution in [2.75, 3.05) is 7.11 Å². The van der Waals surface area contributed by atoms with Crippen LogP contribution in [0.2, 0.25) is 0 Å². The highest BCUT2D eigenvalue weighted by Gasteiger charge is 2.44. The average Bonchev–Trinajstić information content (AvgIpc) is 2.75. The number of benzene rings is 2. The second-order valence-electron chi connectivity index (χ2n) is 7.43. The third kappa shape index (κ3) is 3.34. The van der Waals surface area contributed by atoms with Crippen molar-refractivity contribution in [1.82, 2.24) is 0 Å². The molecule has 10 nitrogen and oxygen atoms in total. The molecule has 1 aliphatic rings. The smallest absolute Gasteiger partial charge is 0.197 e. The molecule has 0 aliphatic carbocycles. The Morgan fingerprint density at radius 2 is 1.72 bits per heavy atom. The first-order chi connectivity index (χ1) is 15.1. The van der Waals surface area contributed by atoms with Crippen molar-refractivity contribution in [3.63, 3.8) is 0 Å². The van der Waals surface area contributed by atoms with Gasteiger partial charge in [-0.25, -0.2) is 0 Å². The predicted molar refractivity (Wildman–Crippen MR) is 110 cm³/mol. The van der Waals surface area contributed by atoms with E-state index < -0.39 is 47.1 Å². The van der Waals surface area contributed by atoms with E-state index in [-0.39, 0.29) is 33.8 Å². The first-order valence-electron chi connectivity index (χ1n) is 9.59. The second-order valence-corrected chi connectivity index (χ2v) is 7.43. The maximum absolute atomic E-state index is 12.8. The summed E-state index contributed by atoms with van der Waals surface area (Å²) in [6.07, 6.45) is -6.15. The summed E-state index contributed by atoms with van der Waals surface area (Å²) in [6, 6.07) is 6.46. The maximum Gasteiger partial charge on any atom is 0.197 e. The standard InChI is InChI=1S/C22H20O10/c1-8-18(26)20(28)21(29)22(31-8)17-12(25)7-15-16(19(17)27)11(24)6-13(32-15)9-3-4-10(23)14(5-9)30-2/h3-8,20-23,25,27-29H,1-2H3. The topological polar surface area (TPSA) is 167 Å². The summed E-state index contributed by atoms with van der Waals surface area (Å²) in [7, 11) is 1.36. The number of methoxy groups -OCH3 is 1. The molecule has 0 bridgehead atoms. The van der Waals surface area contributed by atoms with Gasteiger partial charge in [-0.1, -0.05) is 0 Å². The fraction of sp³-hybridized carbons (Fsp3) is 0.273. The Bertz CT molecular complexity index is 1280. The van der Waals surface area contributed by atoms with Crippen LogP contribution in [0, 0.1) is 0 Å². The van der Waals surface area contributed by atoms with E-state index in [1.54, 1.807) is 0 Å². The van der Waals surface area contributed by atoms with Crippen LogP contribution in [0.4, 0.5) is 0 Å². The number of fused-ring (bicyclic) bond motifs is 1.